The van der Waals surface area contributed by atoms with Crippen LogP contribution in [0, 0.1) is 23.2 Å². The molecule has 0 unspecified atom stereocenters. The fourth-order valence-corrected chi connectivity index (χ4v) is 6.00. The van der Waals surface area contributed by atoms with E-state index < -0.39 is 0 Å². The summed E-state index contributed by atoms with van der Waals surface area (Å²) >= 11 is 0. The van der Waals surface area contributed by atoms with Crippen molar-refractivity contribution in [1.29, 1.82) is 0 Å². The number of phenols is 1. The number of hydrogen-bond donors (Lipinski definition) is 1. The third kappa shape index (κ3) is 1.82. The Bertz CT molecular complexity index is 575. The van der Waals surface area contributed by atoms with Gasteiger partial charge in [-0.3, -0.25) is 0 Å². The molecule has 1 N–H and O–H groups in total. The summed E-state index contributed by atoms with van der Waals surface area (Å²) in [7, 11) is 0. The largest absolute Gasteiger partial charge is 0.508 e. The maximum atomic E-state index is 9.73. The fraction of sp³-hybridized carbons (Fsp3) is 0.600. The maximum absolute atomic E-state index is 9.73. The summed E-state index contributed by atoms with van der Waals surface area (Å²) in [6.45, 7) is 6.63. The van der Waals surface area contributed by atoms with Crippen LogP contribution < -0.4 is 0 Å². The summed E-state index contributed by atoms with van der Waals surface area (Å²) in [6.07, 6.45) is 10.1. The molecule has 112 valence electrons. The summed E-state index contributed by atoms with van der Waals surface area (Å²) < 4.78 is 0. The lowest BCUT2D eigenvalue weighted by atomic mass is 9.54. The van der Waals surface area contributed by atoms with Gasteiger partial charge in [0.15, 0.2) is 0 Å². The zero-order chi connectivity index (χ0) is 14.6. The average molecular weight is 282 g/mol. The van der Waals surface area contributed by atoms with E-state index in [1.807, 2.05) is 12.1 Å². The fourth-order valence-electron chi connectivity index (χ4n) is 6.00. The van der Waals surface area contributed by atoms with E-state index in [1.54, 1.807) is 0 Å². The van der Waals surface area contributed by atoms with Crippen LogP contribution in [0.5, 0.6) is 5.75 Å². The molecule has 2 saturated carbocycles. The normalized spacial score (nSPS) is 41.0. The average Bonchev–Trinajstić information content (AvgIpc) is 2.83. The van der Waals surface area contributed by atoms with Crippen LogP contribution in [0.2, 0.25) is 0 Å². The minimum Gasteiger partial charge on any atom is -0.508 e. The number of allylic oxidation sites excluding steroid dienone is 1. The van der Waals surface area contributed by atoms with E-state index in [-0.39, 0.29) is 0 Å². The maximum Gasteiger partial charge on any atom is 0.115 e. The first kappa shape index (κ1) is 13.4. The topological polar surface area (TPSA) is 20.2 Å². The molecule has 1 aromatic rings. The molecule has 0 amide bonds. The molecule has 5 atom stereocenters. The highest BCUT2D eigenvalue weighted by atomic mass is 16.3. The lowest BCUT2D eigenvalue weighted by Gasteiger charge is -2.50. The molecule has 3 aliphatic carbocycles. The van der Waals surface area contributed by atoms with E-state index in [2.05, 4.69) is 25.6 Å². The predicted octanol–water partition coefficient (Wildman–Crippen LogP) is 5.05. The number of fused-ring (bicyclic) bond motifs is 5. The smallest absolute Gasteiger partial charge is 0.115 e. The Labute approximate surface area is 128 Å². The van der Waals surface area contributed by atoms with Crippen LogP contribution in [-0.4, -0.2) is 5.11 Å². The van der Waals surface area contributed by atoms with Crippen LogP contribution >= 0.6 is 0 Å². The monoisotopic (exact) mass is 282 g/mol. The lowest BCUT2D eigenvalue weighted by molar-refractivity contribution is 0.0410. The van der Waals surface area contributed by atoms with Gasteiger partial charge in [-0.15, -0.1) is 6.58 Å². The second kappa shape index (κ2) is 4.63. The van der Waals surface area contributed by atoms with Gasteiger partial charge < -0.3 is 5.11 Å². The van der Waals surface area contributed by atoms with Crippen molar-refractivity contribution >= 4 is 0 Å². The first-order chi connectivity index (χ1) is 10.1. The second-order valence-electron chi connectivity index (χ2n) is 7.76. The van der Waals surface area contributed by atoms with Crippen molar-refractivity contribution in [2.24, 2.45) is 23.2 Å². The van der Waals surface area contributed by atoms with Crippen molar-refractivity contribution in [2.45, 2.75) is 51.4 Å². The highest BCUT2D eigenvalue weighted by Crippen LogP contribution is 2.63. The third-order valence-corrected chi connectivity index (χ3v) is 7.07. The predicted molar refractivity (Wildman–Crippen MR) is 86.4 cm³/mol. The Kier molecular flexibility index (Phi) is 2.96. The van der Waals surface area contributed by atoms with E-state index >= 15 is 0 Å². The van der Waals surface area contributed by atoms with E-state index in [0.29, 0.717) is 11.2 Å². The van der Waals surface area contributed by atoms with Gasteiger partial charge in [-0.2, -0.15) is 0 Å². The molecule has 1 nitrogen and oxygen atoms in total. The van der Waals surface area contributed by atoms with E-state index in [0.717, 1.165) is 30.1 Å². The second-order valence-corrected chi connectivity index (χ2v) is 7.76. The van der Waals surface area contributed by atoms with Crippen LogP contribution in [0.1, 0.15) is 56.1 Å². The number of hydrogen-bond acceptors (Lipinski definition) is 1. The molecule has 3 aliphatic rings. The minimum absolute atomic E-state index is 0.431. The van der Waals surface area contributed by atoms with Crippen molar-refractivity contribution in [2.75, 3.05) is 0 Å². The highest BCUT2D eigenvalue weighted by molar-refractivity contribution is 5.40. The van der Waals surface area contributed by atoms with Crippen molar-refractivity contribution in [3.63, 3.8) is 0 Å². The van der Waals surface area contributed by atoms with E-state index in [9.17, 15) is 5.11 Å². The van der Waals surface area contributed by atoms with Crippen molar-refractivity contribution in [1.82, 2.24) is 0 Å². The minimum atomic E-state index is 0.431. The Morgan fingerprint density at radius 3 is 2.90 bits per heavy atom. The SMILES string of the molecule is C=C[C@H]1CC[C@H]2[C@H]3CCc4cc(O)ccc4[C@H]3CC[C@]12C. The van der Waals surface area contributed by atoms with Gasteiger partial charge in [0.2, 0.25) is 0 Å². The van der Waals surface area contributed by atoms with Crippen molar-refractivity contribution in [3.05, 3.63) is 42.0 Å². The van der Waals surface area contributed by atoms with Gasteiger partial charge >= 0.3 is 0 Å². The molecule has 0 saturated heterocycles. The zero-order valence-electron chi connectivity index (χ0n) is 13.0. The summed E-state index contributed by atoms with van der Waals surface area (Å²) in [6, 6.07) is 6.08. The Balaban J connectivity index is 1.70. The first-order valence-electron chi connectivity index (χ1n) is 8.58. The first-order valence-corrected chi connectivity index (χ1v) is 8.58. The molecule has 0 heterocycles. The molecule has 1 heteroatoms. The van der Waals surface area contributed by atoms with E-state index in [1.165, 1.54) is 43.2 Å². The molecule has 21 heavy (non-hydrogen) atoms. The summed E-state index contributed by atoms with van der Waals surface area (Å²) in [5.74, 6) is 3.62. The van der Waals surface area contributed by atoms with Gasteiger partial charge in [-0.05, 0) is 90.9 Å². The number of aromatic hydroxyl groups is 1. The summed E-state index contributed by atoms with van der Waals surface area (Å²) in [5, 5.41) is 9.73. The number of aryl methyl sites for hydroxylation is 1. The number of phenolic OH excluding ortho intramolecular Hbond substituents is 1. The lowest BCUT2D eigenvalue weighted by Crippen LogP contribution is -2.41. The van der Waals surface area contributed by atoms with Crippen LogP contribution in [0.25, 0.3) is 0 Å². The van der Waals surface area contributed by atoms with Gasteiger partial charge in [-0.1, -0.05) is 19.1 Å². The molecular formula is C20H26O. The molecular weight excluding hydrogens is 256 g/mol. The van der Waals surface area contributed by atoms with Crippen LogP contribution in [0.4, 0.5) is 0 Å². The van der Waals surface area contributed by atoms with Gasteiger partial charge in [0, 0.05) is 0 Å². The van der Waals surface area contributed by atoms with Crippen LogP contribution in [0.15, 0.2) is 30.9 Å². The summed E-state index contributed by atoms with van der Waals surface area (Å²) in [4.78, 5) is 0. The molecule has 0 aliphatic heterocycles. The molecule has 4 rings (SSSR count). The van der Waals surface area contributed by atoms with Crippen LogP contribution in [-0.2, 0) is 6.42 Å². The van der Waals surface area contributed by atoms with E-state index in [4.69, 9.17) is 0 Å². The Hall–Kier alpha value is -1.24. The molecule has 1 aromatic carbocycles. The molecule has 0 radical (unpaired) electrons. The molecule has 0 bridgehead atoms. The van der Waals surface area contributed by atoms with Crippen molar-refractivity contribution < 1.29 is 5.11 Å². The number of rotatable bonds is 1. The number of benzene rings is 1. The van der Waals surface area contributed by atoms with Crippen LogP contribution in [0.3, 0.4) is 0 Å². The quantitative estimate of drug-likeness (QED) is 0.715. The highest BCUT2D eigenvalue weighted by Gasteiger charge is 2.53. The summed E-state index contributed by atoms with van der Waals surface area (Å²) in [5.41, 5.74) is 3.43. The molecule has 2 fully saturated rings. The Morgan fingerprint density at radius 1 is 1.24 bits per heavy atom. The molecule has 0 spiro atoms. The zero-order valence-corrected chi connectivity index (χ0v) is 13.0. The standard InChI is InChI=1S/C20H26O/c1-3-14-5-9-19-18-7-4-13-12-15(21)6-8-16(13)17(18)10-11-20(14,19)2/h3,6,8,12,14,17-19,21H,1,4-5,7,9-11H2,2H3/t14-,17+,18-,19-,20+/m0/s1. The third-order valence-electron chi connectivity index (χ3n) is 7.07. The van der Waals surface area contributed by atoms with Crippen molar-refractivity contribution in [3.8, 4) is 5.75 Å². The Morgan fingerprint density at radius 2 is 2.10 bits per heavy atom. The molecule has 0 aromatic heterocycles. The van der Waals surface area contributed by atoms with Gasteiger partial charge in [0.05, 0.1) is 0 Å². The van der Waals surface area contributed by atoms with Gasteiger partial charge in [0.25, 0.3) is 0 Å². The van der Waals surface area contributed by atoms with Gasteiger partial charge in [-0.25, -0.2) is 0 Å². The van der Waals surface area contributed by atoms with Gasteiger partial charge in [0.1, 0.15) is 5.75 Å².